The Morgan fingerprint density at radius 3 is 2.53 bits per heavy atom. The lowest BCUT2D eigenvalue weighted by molar-refractivity contribution is 0.0963. The number of anilines is 1. The first-order chi connectivity index (χ1) is 8.17. The molecule has 0 aliphatic rings. The summed E-state index contributed by atoms with van der Waals surface area (Å²) in [5.41, 5.74) is 1.68. The zero-order valence-corrected chi connectivity index (χ0v) is 10.6. The molecule has 0 aliphatic carbocycles. The van der Waals surface area contributed by atoms with E-state index in [1.54, 1.807) is 14.2 Å². The Morgan fingerprint density at radius 2 is 2.00 bits per heavy atom. The molecule has 1 amide bonds. The van der Waals surface area contributed by atoms with Crippen LogP contribution < -0.4 is 10.6 Å². The van der Waals surface area contributed by atoms with Crippen LogP contribution in [0.25, 0.3) is 0 Å². The lowest BCUT2D eigenvalue weighted by Crippen LogP contribution is -2.19. The van der Waals surface area contributed by atoms with Gasteiger partial charge in [0.15, 0.2) is 0 Å². The van der Waals surface area contributed by atoms with Crippen molar-refractivity contribution in [2.24, 2.45) is 0 Å². The number of ether oxygens (including phenoxy) is 1. The fourth-order valence-electron chi connectivity index (χ4n) is 1.51. The van der Waals surface area contributed by atoms with E-state index in [4.69, 9.17) is 4.74 Å². The molecule has 1 aromatic carbocycles. The summed E-state index contributed by atoms with van der Waals surface area (Å²) in [6.07, 6.45) is 0.952. The Labute approximate surface area is 102 Å². The molecule has 0 heterocycles. The highest BCUT2D eigenvalue weighted by atomic mass is 16.5. The maximum Gasteiger partial charge on any atom is 0.251 e. The zero-order valence-electron chi connectivity index (χ0n) is 10.6. The van der Waals surface area contributed by atoms with Crippen LogP contribution in [0.3, 0.4) is 0 Å². The van der Waals surface area contributed by atoms with Crippen molar-refractivity contribution in [3.63, 3.8) is 0 Å². The molecule has 1 unspecified atom stereocenters. The van der Waals surface area contributed by atoms with Crippen LogP contribution in [0.15, 0.2) is 24.3 Å². The van der Waals surface area contributed by atoms with Gasteiger partial charge < -0.3 is 15.4 Å². The number of hydrogen-bond donors (Lipinski definition) is 2. The second kappa shape index (κ2) is 6.91. The Balaban J connectivity index is 2.53. The summed E-state index contributed by atoms with van der Waals surface area (Å²) in [6, 6.07) is 7.79. The van der Waals surface area contributed by atoms with Gasteiger partial charge in [-0.3, -0.25) is 4.79 Å². The summed E-state index contributed by atoms with van der Waals surface area (Å²) in [4.78, 5) is 11.3. The minimum absolute atomic E-state index is 0.0658. The molecule has 0 saturated carbocycles. The van der Waals surface area contributed by atoms with E-state index in [1.165, 1.54) is 0 Å². The third-order valence-electron chi connectivity index (χ3n) is 2.54. The predicted octanol–water partition coefficient (Wildman–Crippen LogP) is 1.88. The van der Waals surface area contributed by atoms with Crippen LogP contribution in [0.2, 0.25) is 0 Å². The van der Waals surface area contributed by atoms with Crippen LogP contribution in [-0.4, -0.2) is 32.7 Å². The molecule has 1 atom stereocenters. The van der Waals surface area contributed by atoms with E-state index in [-0.39, 0.29) is 5.91 Å². The molecule has 17 heavy (non-hydrogen) atoms. The van der Waals surface area contributed by atoms with E-state index in [2.05, 4.69) is 17.6 Å². The molecular weight excluding hydrogens is 216 g/mol. The number of amides is 1. The smallest absolute Gasteiger partial charge is 0.251 e. The van der Waals surface area contributed by atoms with Gasteiger partial charge in [0.2, 0.25) is 0 Å². The van der Waals surface area contributed by atoms with E-state index >= 15 is 0 Å². The normalized spacial score (nSPS) is 11.9. The minimum Gasteiger partial charge on any atom is -0.385 e. The highest BCUT2D eigenvalue weighted by Crippen LogP contribution is 2.11. The van der Waals surface area contributed by atoms with Crippen LogP contribution in [-0.2, 0) is 4.74 Å². The predicted molar refractivity (Wildman–Crippen MR) is 69.4 cm³/mol. The number of carbonyl (C=O) groups excluding carboxylic acids is 1. The second-order valence-corrected chi connectivity index (χ2v) is 3.98. The number of rotatable bonds is 6. The average molecular weight is 236 g/mol. The standard InChI is InChI=1S/C13H20N2O2/c1-10(8-9-17-3)15-12-6-4-11(5-7-12)13(16)14-2/h4-7,10,15H,8-9H2,1-3H3,(H,14,16). The molecule has 0 bridgehead atoms. The third-order valence-corrected chi connectivity index (χ3v) is 2.54. The Hall–Kier alpha value is -1.55. The maximum absolute atomic E-state index is 11.3. The zero-order chi connectivity index (χ0) is 12.7. The highest BCUT2D eigenvalue weighted by molar-refractivity contribution is 5.94. The van der Waals surface area contributed by atoms with Crippen molar-refractivity contribution in [2.45, 2.75) is 19.4 Å². The Kier molecular flexibility index (Phi) is 5.49. The van der Waals surface area contributed by atoms with Crippen molar-refractivity contribution in [1.29, 1.82) is 0 Å². The van der Waals surface area contributed by atoms with Crippen molar-refractivity contribution in [3.8, 4) is 0 Å². The first-order valence-electron chi connectivity index (χ1n) is 5.75. The molecule has 1 rings (SSSR count). The molecule has 4 heteroatoms. The Bertz CT molecular complexity index is 349. The first kappa shape index (κ1) is 13.5. The van der Waals surface area contributed by atoms with Crippen molar-refractivity contribution in [3.05, 3.63) is 29.8 Å². The van der Waals surface area contributed by atoms with Crippen LogP contribution >= 0.6 is 0 Å². The molecule has 0 saturated heterocycles. The number of carbonyl (C=O) groups is 1. The maximum atomic E-state index is 11.3. The molecule has 4 nitrogen and oxygen atoms in total. The van der Waals surface area contributed by atoms with Gasteiger partial charge >= 0.3 is 0 Å². The number of nitrogens with one attached hydrogen (secondary N) is 2. The lowest BCUT2D eigenvalue weighted by Gasteiger charge is -2.14. The minimum atomic E-state index is -0.0658. The number of hydrogen-bond acceptors (Lipinski definition) is 3. The SMILES string of the molecule is CNC(=O)c1ccc(NC(C)CCOC)cc1. The molecule has 2 N–H and O–H groups in total. The second-order valence-electron chi connectivity index (χ2n) is 3.98. The first-order valence-corrected chi connectivity index (χ1v) is 5.75. The summed E-state index contributed by atoms with van der Waals surface area (Å²) in [7, 11) is 3.33. The lowest BCUT2D eigenvalue weighted by atomic mass is 10.1. The summed E-state index contributed by atoms with van der Waals surface area (Å²) >= 11 is 0. The molecule has 0 aliphatic heterocycles. The quantitative estimate of drug-likeness (QED) is 0.793. The van der Waals surface area contributed by atoms with Crippen LogP contribution in [0.4, 0.5) is 5.69 Å². The van der Waals surface area contributed by atoms with Gasteiger partial charge in [-0.05, 0) is 37.6 Å². The highest BCUT2D eigenvalue weighted by Gasteiger charge is 2.04. The summed E-state index contributed by atoms with van der Waals surface area (Å²) in [5.74, 6) is -0.0658. The molecule has 0 radical (unpaired) electrons. The summed E-state index contributed by atoms with van der Waals surface area (Å²) in [5, 5.41) is 5.94. The molecule has 1 aromatic rings. The van der Waals surface area contributed by atoms with Gasteiger partial charge in [-0.25, -0.2) is 0 Å². The topological polar surface area (TPSA) is 50.4 Å². The van der Waals surface area contributed by atoms with E-state index in [0.29, 0.717) is 11.6 Å². The number of methoxy groups -OCH3 is 1. The fraction of sp³-hybridized carbons (Fsp3) is 0.462. The number of benzene rings is 1. The average Bonchev–Trinajstić information content (AvgIpc) is 2.36. The van der Waals surface area contributed by atoms with Gasteiger partial charge in [0, 0.05) is 38.1 Å². The Morgan fingerprint density at radius 1 is 1.35 bits per heavy atom. The monoisotopic (exact) mass is 236 g/mol. The summed E-state index contributed by atoms with van der Waals surface area (Å²) < 4.78 is 5.02. The van der Waals surface area contributed by atoms with Gasteiger partial charge in [-0.2, -0.15) is 0 Å². The van der Waals surface area contributed by atoms with Gasteiger partial charge in [0.1, 0.15) is 0 Å². The van der Waals surface area contributed by atoms with Crippen LogP contribution in [0.1, 0.15) is 23.7 Å². The van der Waals surface area contributed by atoms with E-state index in [0.717, 1.165) is 18.7 Å². The van der Waals surface area contributed by atoms with Gasteiger partial charge in [-0.15, -0.1) is 0 Å². The van der Waals surface area contributed by atoms with Gasteiger partial charge in [-0.1, -0.05) is 0 Å². The van der Waals surface area contributed by atoms with E-state index in [1.807, 2.05) is 24.3 Å². The fourth-order valence-corrected chi connectivity index (χ4v) is 1.51. The third kappa shape index (κ3) is 4.44. The van der Waals surface area contributed by atoms with Gasteiger partial charge in [0.05, 0.1) is 0 Å². The van der Waals surface area contributed by atoms with E-state index < -0.39 is 0 Å². The summed E-state index contributed by atoms with van der Waals surface area (Å²) in [6.45, 7) is 2.84. The molecular formula is C13H20N2O2. The van der Waals surface area contributed by atoms with Crippen molar-refractivity contribution in [2.75, 3.05) is 26.1 Å². The van der Waals surface area contributed by atoms with E-state index in [9.17, 15) is 4.79 Å². The largest absolute Gasteiger partial charge is 0.385 e. The van der Waals surface area contributed by atoms with Crippen molar-refractivity contribution < 1.29 is 9.53 Å². The van der Waals surface area contributed by atoms with Crippen LogP contribution in [0, 0.1) is 0 Å². The molecule has 0 fully saturated rings. The molecule has 94 valence electrons. The van der Waals surface area contributed by atoms with Gasteiger partial charge in [0.25, 0.3) is 5.91 Å². The van der Waals surface area contributed by atoms with Crippen molar-refractivity contribution >= 4 is 11.6 Å². The molecule has 0 aromatic heterocycles. The van der Waals surface area contributed by atoms with Crippen molar-refractivity contribution in [1.82, 2.24) is 5.32 Å². The molecule has 0 spiro atoms. The van der Waals surface area contributed by atoms with Crippen LogP contribution in [0.5, 0.6) is 0 Å².